The van der Waals surface area contributed by atoms with Crippen molar-refractivity contribution in [1.29, 1.82) is 0 Å². The van der Waals surface area contributed by atoms with Crippen molar-refractivity contribution < 1.29 is 14.7 Å². The van der Waals surface area contributed by atoms with Gasteiger partial charge in [-0.2, -0.15) is 0 Å². The van der Waals surface area contributed by atoms with E-state index in [4.69, 9.17) is 11.5 Å². The van der Waals surface area contributed by atoms with Gasteiger partial charge in [0.05, 0.1) is 5.69 Å². The van der Waals surface area contributed by atoms with E-state index in [1.165, 1.54) is 4.57 Å². The Hall–Kier alpha value is -3.81. The molecule has 0 fully saturated rings. The molecule has 0 bridgehead atoms. The summed E-state index contributed by atoms with van der Waals surface area (Å²) in [5.74, 6) is -1.19. The van der Waals surface area contributed by atoms with Crippen LogP contribution in [0.4, 0.5) is 5.82 Å². The van der Waals surface area contributed by atoms with Gasteiger partial charge in [0.1, 0.15) is 11.6 Å². The molecule has 1 aromatic heterocycles. The monoisotopic (exact) mass is 405 g/mol. The van der Waals surface area contributed by atoms with Crippen molar-refractivity contribution in [2.24, 2.45) is 5.73 Å². The molecule has 0 saturated heterocycles. The summed E-state index contributed by atoms with van der Waals surface area (Å²) >= 11 is 0. The third-order valence-corrected chi connectivity index (χ3v) is 5.67. The number of benzene rings is 2. The number of anilines is 1. The van der Waals surface area contributed by atoms with Crippen LogP contribution in [-0.4, -0.2) is 31.4 Å². The molecule has 2 heterocycles. The topological polar surface area (TPSA) is 127 Å². The smallest absolute Gasteiger partial charge is 0.290 e. The zero-order valence-corrected chi connectivity index (χ0v) is 17.1. The number of primary amides is 1. The van der Waals surface area contributed by atoms with Gasteiger partial charge in [0.2, 0.25) is 5.82 Å². The van der Waals surface area contributed by atoms with Gasteiger partial charge in [-0.25, -0.2) is 4.98 Å². The van der Waals surface area contributed by atoms with Gasteiger partial charge in [0.25, 0.3) is 11.8 Å². The van der Waals surface area contributed by atoms with E-state index in [1.54, 1.807) is 24.0 Å². The first-order valence-corrected chi connectivity index (χ1v) is 9.55. The number of carbonyl (C=O) groups excluding carboxylic acids is 2. The highest BCUT2D eigenvalue weighted by atomic mass is 16.3. The number of carbonyl (C=O) groups is 2. The number of nitrogens with two attached hydrogens (primary N) is 2. The quantitative estimate of drug-likeness (QED) is 0.616. The van der Waals surface area contributed by atoms with E-state index in [0.29, 0.717) is 24.3 Å². The lowest BCUT2D eigenvalue weighted by atomic mass is 10.1. The Morgan fingerprint density at radius 1 is 1.07 bits per heavy atom. The Bertz CT molecular complexity index is 1210. The first-order chi connectivity index (χ1) is 14.2. The summed E-state index contributed by atoms with van der Waals surface area (Å²) in [5, 5.41) is 10.2. The van der Waals surface area contributed by atoms with E-state index in [2.05, 4.69) is 4.98 Å². The highest BCUT2D eigenvalue weighted by Crippen LogP contribution is 2.33. The van der Waals surface area contributed by atoms with Crippen molar-refractivity contribution in [1.82, 2.24) is 14.5 Å². The van der Waals surface area contributed by atoms with Gasteiger partial charge in [-0.05, 0) is 49.1 Å². The fraction of sp³-hybridized carbons (Fsp3) is 0.227. The number of amides is 2. The average molecular weight is 405 g/mol. The normalized spacial score (nSPS) is 12.8. The number of aryl methyl sites for hydroxylation is 2. The van der Waals surface area contributed by atoms with Gasteiger partial charge in [-0.15, -0.1) is 0 Å². The number of nitrogen functional groups attached to an aromatic ring is 1. The number of hydrogen-bond donors (Lipinski definition) is 3. The molecule has 8 heteroatoms. The number of rotatable bonds is 3. The maximum absolute atomic E-state index is 13.5. The van der Waals surface area contributed by atoms with Crippen LogP contribution < -0.4 is 11.5 Å². The van der Waals surface area contributed by atoms with Crippen LogP contribution in [0.5, 0.6) is 5.75 Å². The van der Waals surface area contributed by atoms with Gasteiger partial charge in [-0.3, -0.25) is 14.2 Å². The number of aromatic nitrogens is 2. The van der Waals surface area contributed by atoms with Gasteiger partial charge < -0.3 is 21.5 Å². The Balaban J connectivity index is 1.87. The molecule has 4 rings (SSSR count). The molecule has 0 atom stereocenters. The first-order valence-electron chi connectivity index (χ1n) is 9.55. The SMILES string of the molecule is Cc1cccc2c1CN(C(=O)c1nc(C(N)=O)c(N)n1-c1c(C)ccc(O)c1C)C2. The number of nitrogens with zero attached hydrogens (tertiary/aromatic N) is 3. The second-order valence-electron chi connectivity index (χ2n) is 7.62. The van der Waals surface area contributed by atoms with Crippen molar-refractivity contribution in [3.8, 4) is 11.4 Å². The van der Waals surface area contributed by atoms with Crippen molar-refractivity contribution >= 4 is 17.6 Å². The second kappa shape index (κ2) is 6.91. The molecule has 0 saturated carbocycles. The standard InChI is InChI=1S/C22H23N5O3/c1-11-5-4-6-14-9-26(10-15(11)14)22(30)21-25-17(20(24)29)19(23)27(21)18-12(2)7-8-16(28)13(18)3/h4-8,28H,9-10,23H2,1-3H3,(H2,24,29). The minimum Gasteiger partial charge on any atom is -0.508 e. The predicted octanol–water partition coefficient (Wildman–Crippen LogP) is 2.34. The molecular formula is C22H23N5O3. The lowest BCUT2D eigenvalue weighted by Crippen LogP contribution is -2.28. The van der Waals surface area contributed by atoms with Crippen LogP contribution in [0.2, 0.25) is 0 Å². The molecule has 2 aromatic carbocycles. The number of fused-ring (bicyclic) bond motifs is 1. The van der Waals surface area contributed by atoms with Crippen LogP contribution in [0.1, 0.15) is 48.9 Å². The Morgan fingerprint density at radius 2 is 1.80 bits per heavy atom. The van der Waals surface area contributed by atoms with Gasteiger partial charge >= 0.3 is 0 Å². The van der Waals surface area contributed by atoms with E-state index < -0.39 is 5.91 Å². The molecule has 0 radical (unpaired) electrons. The molecule has 0 unspecified atom stereocenters. The molecule has 8 nitrogen and oxygen atoms in total. The van der Waals surface area contributed by atoms with Gasteiger partial charge in [0.15, 0.2) is 5.69 Å². The third-order valence-electron chi connectivity index (χ3n) is 5.67. The van der Waals surface area contributed by atoms with Crippen molar-refractivity contribution in [3.05, 3.63) is 69.7 Å². The van der Waals surface area contributed by atoms with E-state index in [0.717, 1.165) is 22.3 Å². The molecule has 30 heavy (non-hydrogen) atoms. The summed E-state index contributed by atoms with van der Waals surface area (Å²) in [6.45, 7) is 6.43. The van der Waals surface area contributed by atoms with Crippen LogP contribution in [0.15, 0.2) is 30.3 Å². The minimum atomic E-state index is -0.823. The maximum Gasteiger partial charge on any atom is 0.290 e. The summed E-state index contributed by atoms with van der Waals surface area (Å²) in [6.07, 6.45) is 0. The largest absolute Gasteiger partial charge is 0.508 e. The number of phenols is 1. The summed E-state index contributed by atoms with van der Waals surface area (Å²) < 4.78 is 1.42. The highest BCUT2D eigenvalue weighted by molar-refractivity contribution is 6.00. The molecule has 1 aliphatic heterocycles. The molecule has 154 valence electrons. The van der Waals surface area contributed by atoms with E-state index in [1.807, 2.05) is 32.0 Å². The van der Waals surface area contributed by atoms with Crippen LogP contribution in [-0.2, 0) is 13.1 Å². The number of phenolic OH excluding ortho intramolecular Hbond substituents is 1. The van der Waals surface area contributed by atoms with Gasteiger partial charge in [0, 0.05) is 18.7 Å². The Morgan fingerprint density at radius 3 is 2.47 bits per heavy atom. The Kier molecular flexibility index (Phi) is 4.49. The predicted molar refractivity (Wildman–Crippen MR) is 112 cm³/mol. The first kappa shape index (κ1) is 19.5. The minimum absolute atomic E-state index is 0.0106. The number of aromatic hydroxyl groups is 1. The van der Waals surface area contributed by atoms with Crippen molar-refractivity contribution in [3.63, 3.8) is 0 Å². The van der Waals surface area contributed by atoms with Gasteiger partial charge in [-0.1, -0.05) is 24.3 Å². The van der Waals surface area contributed by atoms with E-state index in [9.17, 15) is 14.7 Å². The zero-order chi connectivity index (χ0) is 21.7. The second-order valence-corrected chi connectivity index (χ2v) is 7.62. The fourth-order valence-corrected chi connectivity index (χ4v) is 4.03. The molecule has 0 aliphatic carbocycles. The molecule has 3 aromatic rings. The molecule has 1 aliphatic rings. The molecule has 2 amide bonds. The van der Waals surface area contributed by atoms with Crippen LogP contribution in [0.3, 0.4) is 0 Å². The lowest BCUT2D eigenvalue weighted by Gasteiger charge is -2.19. The van der Waals surface area contributed by atoms with Crippen molar-refractivity contribution in [2.45, 2.75) is 33.9 Å². The molecule has 5 N–H and O–H groups in total. The molecule has 0 spiro atoms. The average Bonchev–Trinajstić information content (AvgIpc) is 3.28. The highest BCUT2D eigenvalue weighted by Gasteiger charge is 2.32. The Labute approximate surface area is 173 Å². The van der Waals surface area contributed by atoms with Crippen LogP contribution in [0, 0.1) is 20.8 Å². The van der Waals surface area contributed by atoms with Crippen molar-refractivity contribution in [2.75, 3.05) is 5.73 Å². The van der Waals surface area contributed by atoms with Crippen LogP contribution >= 0.6 is 0 Å². The summed E-state index contributed by atoms with van der Waals surface area (Å²) in [6, 6.07) is 9.25. The number of hydrogen-bond acceptors (Lipinski definition) is 5. The summed E-state index contributed by atoms with van der Waals surface area (Å²) in [4.78, 5) is 31.3. The molecular weight excluding hydrogens is 382 g/mol. The third kappa shape index (κ3) is 2.88. The van der Waals surface area contributed by atoms with E-state index in [-0.39, 0.29) is 29.0 Å². The number of imidazole rings is 1. The summed E-state index contributed by atoms with van der Waals surface area (Å²) in [5.41, 5.74) is 16.6. The maximum atomic E-state index is 13.5. The van der Waals surface area contributed by atoms with Crippen LogP contribution in [0.25, 0.3) is 5.69 Å². The summed E-state index contributed by atoms with van der Waals surface area (Å²) in [7, 11) is 0. The zero-order valence-electron chi connectivity index (χ0n) is 17.1. The van der Waals surface area contributed by atoms with E-state index >= 15 is 0 Å². The fourth-order valence-electron chi connectivity index (χ4n) is 4.03. The lowest BCUT2D eigenvalue weighted by molar-refractivity contribution is 0.0737.